The van der Waals surface area contributed by atoms with Crippen LogP contribution < -0.4 is 4.74 Å². The van der Waals surface area contributed by atoms with Gasteiger partial charge in [0.05, 0.1) is 17.1 Å². The van der Waals surface area contributed by atoms with Crippen LogP contribution in [0.4, 0.5) is 4.39 Å². The largest absolute Gasteiger partial charge is 0.488 e. The van der Waals surface area contributed by atoms with Crippen molar-refractivity contribution in [3.05, 3.63) is 29.6 Å². The molecular weight excluding hydrogens is 259 g/mol. The number of halogens is 1. The number of ketones is 1. The third-order valence-corrected chi connectivity index (χ3v) is 4.54. The Morgan fingerprint density at radius 2 is 2.17 bits per heavy atom. The molecule has 1 saturated heterocycles. The lowest BCUT2D eigenvalue weighted by Crippen LogP contribution is -2.19. The zero-order valence-electron chi connectivity index (χ0n) is 9.85. The van der Waals surface area contributed by atoms with Crippen LogP contribution >= 0.6 is 0 Å². The number of hydrogen-bond donors (Lipinski definition) is 0. The van der Waals surface area contributed by atoms with Crippen molar-refractivity contribution in [3.8, 4) is 5.75 Å². The van der Waals surface area contributed by atoms with Crippen molar-refractivity contribution in [2.75, 3.05) is 11.5 Å². The van der Waals surface area contributed by atoms with Gasteiger partial charge in [-0.05, 0) is 25.5 Å². The Morgan fingerprint density at radius 3 is 2.72 bits per heavy atom. The quantitative estimate of drug-likeness (QED) is 0.784. The van der Waals surface area contributed by atoms with Gasteiger partial charge in [-0.25, -0.2) is 12.8 Å². The fourth-order valence-electron chi connectivity index (χ4n) is 1.92. The Balaban J connectivity index is 2.23. The highest BCUT2D eigenvalue weighted by atomic mass is 32.2. The molecule has 0 aromatic heterocycles. The average molecular weight is 272 g/mol. The molecule has 98 valence electrons. The molecule has 18 heavy (non-hydrogen) atoms. The summed E-state index contributed by atoms with van der Waals surface area (Å²) in [6.45, 7) is 1.35. The van der Waals surface area contributed by atoms with Crippen LogP contribution in [0.15, 0.2) is 18.2 Å². The number of hydrogen-bond acceptors (Lipinski definition) is 4. The van der Waals surface area contributed by atoms with Crippen molar-refractivity contribution < 1.29 is 22.3 Å². The maximum atomic E-state index is 13.1. The molecule has 4 nitrogen and oxygen atoms in total. The van der Waals surface area contributed by atoms with Gasteiger partial charge in [0.15, 0.2) is 15.6 Å². The monoisotopic (exact) mass is 272 g/mol. The molecule has 1 atom stereocenters. The summed E-state index contributed by atoms with van der Waals surface area (Å²) in [5.41, 5.74) is 0.265. The third kappa shape index (κ3) is 2.87. The molecular formula is C12H13FO4S. The van der Waals surface area contributed by atoms with Gasteiger partial charge in [0.1, 0.15) is 17.7 Å². The molecule has 0 N–H and O–H groups in total. The number of carbonyl (C=O) groups is 1. The van der Waals surface area contributed by atoms with Gasteiger partial charge in [0.25, 0.3) is 0 Å². The number of sulfone groups is 1. The predicted octanol–water partition coefficient (Wildman–Crippen LogP) is 1.59. The summed E-state index contributed by atoms with van der Waals surface area (Å²) < 4.78 is 41.2. The normalized spacial score (nSPS) is 21.8. The van der Waals surface area contributed by atoms with Crippen LogP contribution in [0.1, 0.15) is 23.7 Å². The van der Waals surface area contributed by atoms with Gasteiger partial charge in [-0.1, -0.05) is 0 Å². The summed E-state index contributed by atoms with van der Waals surface area (Å²) in [6, 6.07) is 3.63. The standard InChI is InChI=1S/C12H13FO4S/c1-8(14)11-3-2-9(13)6-12(11)17-10-4-5-18(15,16)7-10/h2-3,6,10H,4-5,7H2,1H3. The number of rotatable bonds is 3. The molecule has 1 aliphatic rings. The first-order chi connectivity index (χ1) is 8.37. The average Bonchev–Trinajstić information content (AvgIpc) is 2.57. The minimum atomic E-state index is -3.06. The summed E-state index contributed by atoms with van der Waals surface area (Å²) in [7, 11) is -3.06. The molecule has 0 bridgehead atoms. The molecule has 1 unspecified atom stereocenters. The molecule has 6 heteroatoms. The maximum Gasteiger partial charge on any atom is 0.163 e. The number of carbonyl (C=O) groups excluding carboxylic acids is 1. The van der Waals surface area contributed by atoms with Gasteiger partial charge in [0, 0.05) is 6.07 Å². The van der Waals surface area contributed by atoms with Crippen molar-refractivity contribution in [1.29, 1.82) is 0 Å². The van der Waals surface area contributed by atoms with Gasteiger partial charge in [-0.15, -0.1) is 0 Å². The van der Waals surface area contributed by atoms with E-state index in [-0.39, 0.29) is 28.6 Å². The van der Waals surface area contributed by atoms with E-state index in [1.165, 1.54) is 19.1 Å². The van der Waals surface area contributed by atoms with Crippen LogP contribution in [0.2, 0.25) is 0 Å². The third-order valence-electron chi connectivity index (χ3n) is 2.81. The first-order valence-electron chi connectivity index (χ1n) is 5.55. The zero-order chi connectivity index (χ0) is 13.3. The Bertz CT molecular complexity index is 580. The predicted molar refractivity (Wildman–Crippen MR) is 64.1 cm³/mol. The van der Waals surface area contributed by atoms with Crippen LogP contribution in [0.3, 0.4) is 0 Å². The number of Topliss-reactive ketones (excluding diaryl/α,β-unsaturated/α-hetero) is 1. The van der Waals surface area contributed by atoms with Crippen molar-refractivity contribution in [2.45, 2.75) is 19.4 Å². The highest BCUT2D eigenvalue weighted by Gasteiger charge is 2.30. The van der Waals surface area contributed by atoms with Gasteiger partial charge >= 0.3 is 0 Å². The number of ether oxygens (including phenoxy) is 1. The fraction of sp³-hybridized carbons (Fsp3) is 0.417. The van der Waals surface area contributed by atoms with Crippen LogP contribution in [0.25, 0.3) is 0 Å². The van der Waals surface area contributed by atoms with Crippen molar-refractivity contribution in [1.82, 2.24) is 0 Å². The zero-order valence-corrected chi connectivity index (χ0v) is 10.7. The molecule has 0 aliphatic carbocycles. The molecule has 1 aliphatic heterocycles. The van der Waals surface area contributed by atoms with Gasteiger partial charge in [-0.2, -0.15) is 0 Å². The van der Waals surface area contributed by atoms with Crippen LogP contribution in [-0.4, -0.2) is 31.8 Å². The van der Waals surface area contributed by atoms with E-state index in [4.69, 9.17) is 4.74 Å². The van der Waals surface area contributed by atoms with Crippen LogP contribution in [-0.2, 0) is 9.84 Å². The molecule has 0 amide bonds. The number of benzene rings is 1. The van der Waals surface area contributed by atoms with Crippen molar-refractivity contribution >= 4 is 15.6 Å². The summed E-state index contributed by atoms with van der Waals surface area (Å²) >= 11 is 0. The Hall–Kier alpha value is -1.43. The molecule has 1 fully saturated rings. The SMILES string of the molecule is CC(=O)c1ccc(F)cc1OC1CCS(=O)(=O)C1. The maximum absolute atomic E-state index is 13.1. The summed E-state index contributed by atoms with van der Waals surface area (Å²) in [5, 5.41) is 0. The Labute approximate surface area is 105 Å². The second-order valence-electron chi connectivity index (χ2n) is 4.34. The first kappa shape index (κ1) is 13.0. The fourth-order valence-corrected chi connectivity index (χ4v) is 3.51. The molecule has 2 rings (SSSR count). The van der Waals surface area contributed by atoms with E-state index in [0.29, 0.717) is 6.42 Å². The van der Waals surface area contributed by atoms with Gasteiger partial charge in [-0.3, -0.25) is 4.79 Å². The lowest BCUT2D eigenvalue weighted by molar-refractivity contribution is 0.101. The van der Waals surface area contributed by atoms with Gasteiger partial charge in [0.2, 0.25) is 0 Å². The second kappa shape index (κ2) is 4.68. The summed E-state index contributed by atoms with van der Waals surface area (Å²) in [4.78, 5) is 11.4. The lowest BCUT2D eigenvalue weighted by Gasteiger charge is -2.14. The second-order valence-corrected chi connectivity index (χ2v) is 6.57. The van der Waals surface area contributed by atoms with E-state index < -0.39 is 21.8 Å². The molecule has 1 aromatic carbocycles. The molecule has 1 heterocycles. The Kier molecular flexibility index (Phi) is 3.38. The molecule has 0 saturated carbocycles. The topological polar surface area (TPSA) is 60.4 Å². The summed E-state index contributed by atoms with van der Waals surface area (Å²) in [5.74, 6) is -0.658. The van der Waals surface area contributed by atoms with E-state index in [9.17, 15) is 17.6 Å². The van der Waals surface area contributed by atoms with E-state index >= 15 is 0 Å². The highest BCUT2D eigenvalue weighted by molar-refractivity contribution is 7.91. The van der Waals surface area contributed by atoms with E-state index in [0.717, 1.165) is 6.07 Å². The van der Waals surface area contributed by atoms with E-state index in [1.54, 1.807) is 0 Å². The van der Waals surface area contributed by atoms with Crippen molar-refractivity contribution in [3.63, 3.8) is 0 Å². The van der Waals surface area contributed by atoms with E-state index in [2.05, 4.69) is 0 Å². The summed E-state index contributed by atoms with van der Waals surface area (Å²) in [6.07, 6.45) is -0.134. The molecule has 1 aromatic rings. The van der Waals surface area contributed by atoms with Crippen LogP contribution in [0, 0.1) is 5.82 Å². The lowest BCUT2D eigenvalue weighted by atomic mass is 10.1. The minimum absolute atomic E-state index is 0.0718. The van der Waals surface area contributed by atoms with Crippen LogP contribution in [0.5, 0.6) is 5.75 Å². The van der Waals surface area contributed by atoms with Crippen molar-refractivity contribution in [2.24, 2.45) is 0 Å². The van der Waals surface area contributed by atoms with E-state index in [1.807, 2.05) is 0 Å². The van der Waals surface area contributed by atoms with Gasteiger partial charge < -0.3 is 4.74 Å². The molecule has 0 spiro atoms. The smallest absolute Gasteiger partial charge is 0.163 e. The minimum Gasteiger partial charge on any atom is -0.488 e. The first-order valence-corrected chi connectivity index (χ1v) is 7.37. The Morgan fingerprint density at radius 1 is 1.44 bits per heavy atom. The highest BCUT2D eigenvalue weighted by Crippen LogP contribution is 2.25. The molecule has 0 radical (unpaired) electrons.